The van der Waals surface area contributed by atoms with Crippen LogP contribution in [0.4, 0.5) is 0 Å². The zero-order valence-electron chi connectivity index (χ0n) is 12.5. The number of hydrogen-bond acceptors (Lipinski definition) is 4. The van der Waals surface area contributed by atoms with E-state index >= 15 is 0 Å². The van der Waals surface area contributed by atoms with Crippen LogP contribution in [-0.4, -0.2) is 34.9 Å². The zero-order valence-corrected chi connectivity index (χ0v) is 14.1. The van der Waals surface area contributed by atoms with Gasteiger partial charge in [-0.15, -0.1) is 0 Å². The van der Waals surface area contributed by atoms with E-state index in [0.29, 0.717) is 11.2 Å². The van der Waals surface area contributed by atoms with Gasteiger partial charge in [-0.25, -0.2) is 0 Å². The quantitative estimate of drug-likeness (QED) is 0.864. The largest absolute Gasteiger partial charge is 0.355 e. The fourth-order valence-electron chi connectivity index (χ4n) is 5.37. The van der Waals surface area contributed by atoms with Crippen LogP contribution >= 0.6 is 23.5 Å². The molecular formula is C16H24N2OS2. The lowest BCUT2D eigenvalue weighted by molar-refractivity contribution is -0.120. The van der Waals surface area contributed by atoms with Gasteiger partial charge in [0.05, 0.1) is 12.3 Å². The van der Waals surface area contributed by atoms with Crippen LogP contribution in [0.15, 0.2) is 4.99 Å². The van der Waals surface area contributed by atoms with Crippen LogP contribution < -0.4 is 5.32 Å². The summed E-state index contributed by atoms with van der Waals surface area (Å²) in [6.07, 6.45) is 8.53. The van der Waals surface area contributed by atoms with E-state index in [0.717, 1.165) is 41.0 Å². The molecule has 1 heterocycles. The first-order chi connectivity index (χ1) is 10.2. The molecule has 4 bridgehead atoms. The van der Waals surface area contributed by atoms with E-state index in [1.54, 1.807) is 23.5 Å². The fourth-order valence-corrected chi connectivity index (χ4v) is 7.21. The van der Waals surface area contributed by atoms with E-state index in [1.807, 2.05) is 0 Å². The average molecular weight is 325 g/mol. The average Bonchev–Trinajstić information content (AvgIpc) is 2.95. The first-order valence-corrected chi connectivity index (χ1v) is 10.2. The predicted octanol–water partition coefficient (Wildman–Crippen LogP) is 3.16. The van der Waals surface area contributed by atoms with Gasteiger partial charge in [-0.05, 0) is 61.7 Å². The molecule has 0 atom stereocenters. The van der Waals surface area contributed by atoms with Crippen molar-refractivity contribution in [2.45, 2.75) is 38.5 Å². The maximum atomic E-state index is 12.1. The number of nitrogens with zero attached hydrogens (tertiary/aromatic N) is 1. The monoisotopic (exact) mass is 324 g/mol. The molecule has 3 nitrogen and oxygen atoms in total. The summed E-state index contributed by atoms with van der Waals surface area (Å²) in [5, 5.41) is 3.24. The SMILES string of the molecule is O=C(CSC1=NCCS1)NCC12CC3CC(CC(C3)C1)C2. The minimum absolute atomic E-state index is 0.200. The summed E-state index contributed by atoms with van der Waals surface area (Å²) in [4.78, 5) is 16.5. The Morgan fingerprint density at radius 3 is 2.48 bits per heavy atom. The van der Waals surface area contributed by atoms with Gasteiger partial charge >= 0.3 is 0 Å². The van der Waals surface area contributed by atoms with Crippen molar-refractivity contribution in [1.29, 1.82) is 0 Å². The second-order valence-electron chi connectivity index (χ2n) is 7.48. The van der Waals surface area contributed by atoms with Gasteiger partial charge in [0.1, 0.15) is 4.38 Å². The lowest BCUT2D eigenvalue weighted by Crippen LogP contribution is -2.51. The zero-order chi connectivity index (χ0) is 14.3. The molecule has 0 aromatic rings. The molecule has 5 rings (SSSR count). The summed E-state index contributed by atoms with van der Waals surface area (Å²) in [6, 6.07) is 0. The molecule has 0 unspecified atom stereocenters. The highest BCUT2D eigenvalue weighted by Gasteiger charge is 2.50. The Hall–Kier alpha value is -0.160. The van der Waals surface area contributed by atoms with Crippen LogP contribution in [0.3, 0.4) is 0 Å². The first-order valence-electron chi connectivity index (χ1n) is 8.28. The molecule has 1 N–H and O–H groups in total. The highest BCUT2D eigenvalue weighted by Crippen LogP contribution is 2.59. The Labute approximate surface area is 135 Å². The normalized spacial score (nSPS) is 40.4. The number of amides is 1. The third kappa shape index (κ3) is 3.14. The van der Waals surface area contributed by atoms with Crippen molar-refractivity contribution >= 4 is 33.8 Å². The van der Waals surface area contributed by atoms with E-state index in [9.17, 15) is 4.79 Å². The summed E-state index contributed by atoms with van der Waals surface area (Å²) < 4.78 is 1.10. The molecule has 4 fully saturated rings. The Morgan fingerprint density at radius 2 is 1.90 bits per heavy atom. The molecule has 5 heteroatoms. The Bertz CT molecular complexity index is 428. The molecule has 4 saturated carbocycles. The number of carbonyl (C=O) groups is 1. The summed E-state index contributed by atoms with van der Waals surface area (Å²) in [7, 11) is 0. The number of rotatable bonds is 4. The molecule has 0 saturated heterocycles. The molecule has 4 aliphatic carbocycles. The third-order valence-corrected chi connectivity index (χ3v) is 7.96. The first kappa shape index (κ1) is 14.4. The Balaban J connectivity index is 1.27. The van der Waals surface area contributed by atoms with Gasteiger partial charge < -0.3 is 5.32 Å². The second kappa shape index (κ2) is 5.80. The van der Waals surface area contributed by atoms with Crippen molar-refractivity contribution in [3.8, 4) is 0 Å². The van der Waals surface area contributed by atoms with Crippen LogP contribution in [0, 0.1) is 23.2 Å². The number of aliphatic imine (C=N–C) groups is 1. The lowest BCUT2D eigenvalue weighted by Gasteiger charge is -2.56. The van der Waals surface area contributed by atoms with Crippen molar-refractivity contribution in [3.05, 3.63) is 0 Å². The van der Waals surface area contributed by atoms with Gasteiger partial charge in [0, 0.05) is 12.3 Å². The Morgan fingerprint density at radius 1 is 1.24 bits per heavy atom. The van der Waals surface area contributed by atoms with Gasteiger partial charge in [-0.1, -0.05) is 23.5 Å². The third-order valence-electron chi connectivity index (χ3n) is 5.71. The van der Waals surface area contributed by atoms with Crippen molar-refractivity contribution < 1.29 is 4.79 Å². The molecule has 21 heavy (non-hydrogen) atoms. The highest BCUT2D eigenvalue weighted by molar-refractivity contribution is 8.39. The number of nitrogens with one attached hydrogen (secondary N) is 1. The van der Waals surface area contributed by atoms with Crippen LogP contribution in [-0.2, 0) is 4.79 Å². The van der Waals surface area contributed by atoms with Crippen molar-refractivity contribution in [2.24, 2.45) is 28.2 Å². The molecule has 0 aromatic heterocycles. The smallest absolute Gasteiger partial charge is 0.230 e. The van der Waals surface area contributed by atoms with Crippen molar-refractivity contribution in [1.82, 2.24) is 5.32 Å². The van der Waals surface area contributed by atoms with E-state index in [2.05, 4.69) is 10.3 Å². The maximum Gasteiger partial charge on any atom is 0.230 e. The predicted molar refractivity (Wildman–Crippen MR) is 90.8 cm³/mol. The molecule has 116 valence electrons. The van der Waals surface area contributed by atoms with Gasteiger partial charge in [-0.3, -0.25) is 9.79 Å². The Kier molecular flexibility index (Phi) is 3.99. The molecule has 0 spiro atoms. The van der Waals surface area contributed by atoms with E-state index in [-0.39, 0.29) is 5.91 Å². The van der Waals surface area contributed by atoms with Gasteiger partial charge in [-0.2, -0.15) is 0 Å². The topological polar surface area (TPSA) is 41.5 Å². The fraction of sp³-hybridized carbons (Fsp3) is 0.875. The van der Waals surface area contributed by atoms with E-state index in [1.165, 1.54) is 38.5 Å². The van der Waals surface area contributed by atoms with Crippen molar-refractivity contribution in [3.63, 3.8) is 0 Å². The van der Waals surface area contributed by atoms with E-state index in [4.69, 9.17) is 0 Å². The summed E-state index contributed by atoms with van der Waals surface area (Å²) in [5.41, 5.74) is 0.453. The molecule has 5 aliphatic rings. The van der Waals surface area contributed by atoms with E-state index < -0.39 is 0 Å². The molecule has 1 aliphatic heterocycles. The summed E-state index contributed by atoms with van der Waals surface area (Å²) in [6.45, 7) is 1.84. The van der Waals surface area contributed by atoms with Crippen LogP contribution in [0.25, 0.3) is 0 Å². The number of thioether (sulfide) groups is 2. The van der Waals surface area contributed by atoms with Gasteiger partial charge in [0.25, 0.3) is 0 Å². The number of hydrogen-bond donors (Lipinski definition) is 1. The second-order valence-corrected chi connectivity index (χ2v) is 9.79. The van der Waals surface area contributed by atoms with Crippen LogP contribution in [0.1, 0.15) is 38.5 Å². The maximum absolute atomic E-state index is 12.1. The van der Waals surface area contributed by atoms with Crippen LogP contribution in [0.5, 0.6) is 0 Å². The highest BCUT2D eigenvalue weighted by atomic mass is 32.2. The lowest BCUT2D eigenvalue weighted by atomic mass is 9.49. The molecule has 0 aromatic carbocycles. The van der Waals surface area contributed by atoms with Crippen LogP contribution in [0.2, 0.25) is 0 Å². The number of carbonyl (C=O) groups excluding carboxylic acids is 1. The van der Waals surface area contributed by atoms with Gasteiger partial charge in [0.2, 0.25) is 5.91 Å². The van der Waals surface area contributed by atoms with Gasteiger partial charge in [0.15, 0.2) is 0 Å². The summed E-state index contributed by atoms with van der Waals surface area (Å²) in [5.74, 6) is 4.71. The molecule has 0 radical (unpaired) electrons. The standard InChI is InChI=1S/C16H24N2OS2/c19-14(9-21-15-17-1-2-20-15)18-10-16-6-11-3-12(7-16)5-13(4-11)8-16/h11-13H,1-10H2,(H,18,19). The summed E-state index contributed by atoms with van der Waals surface area (Å²) >= 11 is 3.39. The minimum Gasteiger partial charge on any atom is -0.355 e. The molecule has 1 amide bonds. The van der Waals surface area contributed by atoms with Crippen molar-refractivity contribution in [2.75, 3.05) is 24.6 Å². The minimum atomic E-state index is 0.200. The molecular weight excluding hydrogens is 300 g/mol.